The number of likely N-dealkylation sites (N-methyl/N-ethyl adjacent to an activating group) is 1. The first-order valence-corrected chi connectivity index (χ1v) is 7.63. The maximum atomic E-state index is 12.2. The van der Waals surface area contributed by atoms with Crippen LogP contribution in [0.3, 0.4) is 0 Å². The summed E-state index contributed by atoms with van der Waals surface area (Å²) in [6.07, 6.45) is 0.837. The summed E-state index contributed by atoms with van der Waals surface area (Å²) in [6, 6.07) is 5.66. The third-order valence-corrected chi connectivity index (χ3v) is 4.13. The SMILES string of the molecule is Cc1ccc(C(=O)Nc2nnc(CCN(C)C)s2)cc1C. The number of nitrogens with one attached hydrogen (secondary N) is 1. The molecule has 0 radical (unpaired) electrons. The Labute approximate surface area is 129 Å². The zero-order valence-corrected chi connectivity index (χ0v) is 13.6. The highest BCUT2D eigenvalue weighted by Gasteiger charge is 2.11. The molecular weight excluding hydrogens is 284 g/mol. The normalized spacial score (nSPS) is 10.9. The third kappa shape index (κ3) is 4.34. The lowest BCUT2D eigenvalue weighted by Gasteiger charge is -2.06. The molecule has 0 unspecified atom stereocenters. The van der Waals surface area contributed by atoms with Gasteiger partial charge in [0.25, 0.3) is 5.91 Å². The number of hydrogen-bond acceptors (Lipinski definition) is 5. The van der Waals surface area contributed by atoms with Gasteiger partial charge in [-0.25, -0.2) is 0 Å². The van der Waals surface area contributed by atoms with E-state index in [0.717, 1.165) is 23.5 Å². The van der Waals surface area contributed by atoms with E-state index >= 15 is 0 Å². The van der Waals surface area contributed by atoms with Gasteiger partial charge in [0.1, 0.15) is 5.01 Å². The molecule has 0 saturated carbocycles. The zero-order chi connectivity index (χ0) is 15.4. The van der Waals surface area contributed by atoms with E-state index < -0.39 is 0 Å². The fourth-order valence-electron chi connectivity index (χ4n) is 1.78. The summed E-state index contributed by atoms with van der Waals surface area (Å²) in [5.74, 6) is -0.145. The predicted molar refractivity (Wildman–Crippen MR) is 86.0 cm³/mol. The van der Waals surface area contributed by atoms with E-state index in [0.29, 0.717) is 10.7 Å². The van der Waals surface area contributed by atoms with Gasteiger partial charge in [-0.15, -0.1) is 10.2 Å². The summed E-state index contributed by atoms with van der Waals surface area (Å²) >= 11 is 1.42. The lowest BCUT2D eigenvalue weighted by atomic mass is 10.1. The van der Waals surface area contributed by atoms with Gasteiger partial charge < -0.3 is 4.90 Å². The van der Waals surface area contributed by atoms with Gasteiger partial charge in [0.05, 0.1) is 0 Å². The number of nitrogens with zero attached hydrogens (tertiary/aromatic N) is 3. The molecule has 6 heteroatoms. The number of carbonyl (C=O) groups is 1. The first-order valence-electron chi connectivity index (χ1n) is 6.81. The van der Waals surface area contributed by atoms with E-state index in [1.54, 1.807) is 0 Å². The summed E-state index contributed by atoms with van der Waals surface area (Å²) in [4.78, 5) is 14.3. The molecule has 5 nitrogen and oxygen atoms in total. The minimum absolute atomic E-state index is 0.145. The van der Waals surface area contributed by atoms with Crippen LogP contribution in [0.1, 0.15) is 26.5 Å². The maximum Gasteiger partial charge on any atom is 0.257 e. The van der Waals surface area contributed by atoms with Crippen molar-refractivity contribution in [1.29, 1.82) is 0 Å². The van der Waals surface area contributed by atoms with Gasteiger partial charge in [0.2, 0.25) is 5.13 Å². The van der Waals surface area contributed by atoms with Crippen molar-refractivity contribution in [1.82, 2.24) is 15.1 Å². The molecule has 2 aromatic rings. The number of anilines is 1. The summed E-state index contributed by atoms with van der Waals surface area (Å²) in [5.41, 5.74) is 2.92. The molecule has 1 amide bonds. The Balaban J connectivity index is 2.00. The Bertz CT molecular complexity index is 636. The van der Waals surface area contributed by atoms with Crippen molar-refractivity contribution in [2.24, 2.45) is 0 Å². The average Bonchev–Trinajstić information content (AvgIpc) is 2.87. The highest BCUT2D eigenvalue weighted by atomic mass is 32.1. The Hall–Kier alpha value is -1.79. The summed E-state index contributed by atoms with van der Waals surface area (Å²) in [5, 5.41) is 12.4. The number of benzene rings is 1. The van der Waals surface area contributed by atoms with Crippen molar-refractivity contribution >= 4 is 22.4 Å². The van der Waals surface area contributed by atoms with Crippen LogP contribution in [0.2, 0.25) is 0 Å². The highest BCUT2D eigenvalue weighted by Crippen LogP contribution is 2.17. The van der Waals surface area contributed by atoms with Crippen molar-refractivity contribution in [3.05, 3.63) is 39.9 Å². The van der Waals surface area contributed by atoms with E-state index in [9.17, 15) is 4.79 Å². The van der Waals surface area contributed by atoms with Crippen LogP contribution < -0.4 is 5.32 Å². The van der Waals surface area contributed by atoms with E-state index in [1.807, 2.05) is 46.1 Å². The van der Waals surface area contributed by atoms with Crippen LogP contribution in [-0.2, 0) is 6.42 Å². The Morgan fingerprint density at radius 1 is 1.24 bits per heavy atom. The van der Waals surface area contributed by atoms with Gasteiger partial charge in [-0.3, -0.25) is 10.1 Å². The van der Waals surface area contributed by atoms with Crippen LogP contribution in [0, 0.1) is 13.8 Å². The van der Waals surface area contributed by atoms with Gasteiger partial charge in [-0.05, 0) is 51.2 Å². The van der Waals surface area contributed by atoms with E-state index in [2.05, 4.69) is 20.4 Å². The smallest absolute Gasteiger partial charge is 0.257 e. The molecule has 0 aliphatic heterocycles. The monoisotopic (exact) mass is 304 g/mol. The first kappa shape index (κ1) is 15.6. The number of rotatable bonds is 5. The molecule has 2 rings (SSSR count). The number of aromatic nitrogens is 2. The van der Waals surface area contributed by atoms with Gasteiger partial charge in [0, 0.05) is 18.5 Å². The molecule has 0 bridgehead atoms. The molecule has 112 valence electrons. The molecule has 0 spiro atoms. The number of amides is 1. The summed E-state index contributed by atoms with van der Waals surface area (Å²) in [6.45, 7) is 4.94. The van der Waals surface area contributed by atoms with E-state index in [-0.39, 0.29) is 5.91 Å². The Morgan fingerprint density at radius 3 is 2.67 bits per heavy atom. The van der Waals surface area contributed by atoms with Crippen LogP contribution in [0.4, 0.5) is 5.13 Å². The third-order valence-electron chi connectivity index (χ3n) is 3.23. The molecule has 1 aromatic heterocycles. The molecule has 0 aliphatic carbocycles. The summed E-state index contributed by atoms with van der Waals surface area (Å²) < 4.78 is 0. The van der Waals surface area contributed by atoms with Crippen molar-refractivity contribution in [3.63, 3.8) is 0 Å². The minimum atomic E-state index is -0.145. The highest BCUT2D eigenvalue weighted by molar-refractivity contribution is 7.15. The zero-order valence-electron chi connectivity index (χ0n) is 12.8. The molecule has 1 N–H and O–H groups in total. The standard InChI is InChI=1S/C15H20N4OS/c1-10-5-6-12(9-11(10)2)14(20)16-15-18-17-13(21-15)7-8-19(3)4/h5-6,9H,7-8H2,1-4H3,(H,16,18,20). The first-order chi connectivity index (χ1) is 9.95. The van der Waals surface area contributed by atoms with Gasteiger partial charge in [-0.1, -0.05) is 17.4 Å². The van der Waals surface area contributed by atoms with Crippen LogP contribution >= 0.6 is 11.3 Å². The lowest BCUT2D eigenvalue weighted by Crippen LogP contribution is -2.14. The van der Waals surface area contributed by atoms with E-state index in [4.69, 9.17) is 0 Å². The minimum Gasteiger partial charge on any atom is -0.309 e. The van der Waals surface area contributed by atoms with Gasteiger partial charge in [0.15, 0.2) is 0 Å². The van der Waals surface area contributed by atoms with Crippen molar-refractivity contribution in [2.75, 3.05) is 26.0 Å². The largest absolute Gasteiger partial charge is 0.309 e. The number of aryl methyl sites for hydroxylation is 2. The molecule has 0 fully saturated rings. The van der Waals surface area contributed by atoms with Crippen molar-refractivity contribution in [3.8, 4) is 0 Å². The lowest BCUT2D eigenvalue weighted by molar-refractivity contribution is 0.102. The predicted octanol–water partition coefficient (Wildman–Crippen LogP) is 2.51. The average molecular weight is 304 g/mol. The van der Waals surface area contributed by atoms with Crippen LogP contribution in [0.15, 0.2) is 18.2 Å². The maximum absolute atomic E-state index is 12.2. The van der Waals surface area contributed by atoms with E-state index in [1.165, 1.54) is 16.9 Å². The fourth-order valence-corrected chi connectivity index (χ4v) is 2.50. The topological polar surface area (TPSA) is 58.1 Å². The molecule has 1 heterocycles. The quantitative estimate of drug-likeness (QED) is 0.922. The number of carbonyl (C=O) groups excluding carboxylic acids is 1. The van der Waals surface area contributed by atoms with Crippen LogP contribution in [-0.4, -0.2) is 41.6 Å². The Kier molecular flexibility index (Phi) is 5.03. The second-order valence-corrected chi connectivity index (χ2v) is 6.37. The Morgan fingerprint density at radius 2 is 2.00 bits per heavy atom. The molecular formula is C15H20N4OS. The fraction of sp³-hybridized carbons (Fsp3) is 0.400. The summed E-state index contributed by atoms with van der Waals surface area (Å²) in [7, 11) is 4.03. The second-order valence-electron chi connectivity index (χ2n) is 5.31. The second kappa shape index (κ2) is 6.78. The van der Waals surface area contributed by atoms with Crippen molar-refractivity contribution in [2.45, 2.75) is 20.3 Å². The molecule has 21 heavy (non-hydrogen) atoms. The van der Waals surface area contributed by atoms with Gasteiger partial charge in [-0.2, -0.15) is 0 Å². The van der Waals surface area contributed by atoms with Gasteiger partial charge >= 0.3 is 0 Å². The molecule has 1 aromatic carbocycles. The molecule has 0 aliphatic rings. The molecule has 0 atom stereocenters. The number of hydrogen-bond donors (Lipinski definition) is 1. The van der Waals surface area contributed by atoms with Crippen LogP contribution in [0.25, 0.3) is 0 Å². The molecule has 0 saturated heterocycles. The van der Waals surface area contributed by atoms with Crippen LogP contribution in [0.5, 0.6) is 0 Å². The van der Waals surface area contributed by atoms with Crippen molar-refractivity contribution < 1.29 is 4.79 Å².